The molecular formula is C12H19N3O2. The Morgan fingerprint density at radius 3 is 2.71 bits per heavy atom. The van der Waals surface area contributed by atoms with Crippen LogP contribution in [0.4, 0.5) is 11.4 Å². The molecule has 4 N–H and O–H groups in total. The Bertz CT molecular complexity index is 403. The summed E-state index contributed by atoms with van der Waals surface area (Å²) in [6.07, 6.45) is -0.567. The molecule has 0 radical (unpaired) electrons. The predicted octanol–water partition coefficient (Wildman–Crippen LogP) is 0.445. The lowest BCUT2D eigenvalue weighted by atomic mass is 10.1. The quantitative estimate of drug-likeness (QED) is 0.664. The number of aliphatic hydroxyl groups excluding tert-OH is 1. The molecule has 0 aliphatic heterocycles. The normalized spacial score (nSPS) is 12.0. The largest absolute Gasteiger partial charge is 0.399 e. The van der Waals surface area contributed by atoms with Gasteiger partial charge in [0.1, 0.15) is 0 Å². The number of hydrogen-bond donors (Lipinski definition) is 3. The molecule has 0 spiro atoms. The lowest BCUT2D eigenvalue weighted by Gasteiger charge is -2.18. The van der Waals surface area contributed by atoms with E-state index in [1.165, 1.54) is 0 Å². The predicted molar refractivity (Wildman–Crippen MR) is 69.2 cm³/mol. The smallest absolute Gasteiger partial charge is 0.253 e. The first-order chi connectivity index (χ1) is 7.91. The summed E-state index contributed by atoms with van der Waals surface area (Å²) in [5.74, 6) is -0.234. The van der Waals surface area contributed by atoms with Gasteiger partial charge in [-0.15, -0.1) is 0 Å². The van der Waals surface area contributed by atoms with Gasteiger partial charge in [0.15, 0.2) is 0 Å². The van der Waals surface area contributed by atoms with Crippen LogP contribution in [0.2, 0.25) is 0 Å². The molecule has 0 bridgehead atoms. The number of amides is 1. The van der Waals surface area contributed by atoms with E-state index in [0.717, 1.165) is 5.69 Å². The summed E-state index contributed by atoms with van der Waals surface area (Å²) in [6, 6.07) is 5.18. The Morgan fingerprint density at radius 2 is 2.18 bits per heavy atom. The fourth-order valence-electron chi connectivity index (χ4n) is 1.46. The molecule has 0 saturated heterocycles. The number of nitrogen functional groups attached to an aromatic ring is 1. The van der Waals surface area contributed by atoms with Crippen molar-refractivity contribution in [2.45, 2.75) is 13.0 Å². The van der Waals surface area contributed by atoms with Crippen molar-refractivity contribution in [1.82, 2.24) is 5.32 Å². The van der Waals surface area contributed by atoms with Crippen LogP contribution < -0.4 is 16.0 Å². The molecule has 5 nitrogen and oxygen atoms in total. The molecule has 0 fully saturated rings. The minimum atomic E-state index is -0.567. The van der Waals surface area contributed by atoms with E-state index < -0.39 is 6.10 Å². The average Bonchev–Trinajstić information content (AvgIpc) is 2.25. The maximum Gasteiger partial charge on any atom is 0.253 e. The van der Waals surface area contributed by atoms with Gasteiger partial charge in [-0.05, 0) is 25.1 Å². The summed E-state index contributed by atoms with van der Waals surface area (Å²) in [7, 11) is 3.72. The van der Waals surface area contributed by atoms with E-state index in [1.54, 1.807) is 25.1 Å². The van der Waals surface area contributed by atoms with Crippen LogP contribution in [0.15, 0.2) is 18.2 Å². The van der Waals surface area contributed by atoms with Crippen LogP contribution in [0.1, 0.15) is 17.3 Å². The van der Waals surface area contributed by atoms with Gasteiger partial charge in [-0.3, -0.25) is 4.79 Å². The van der Waals surface area contributed by atoms with Crippen LogP contribution in [0, 0.1) is 0 Å². The zero-order valence-electron chi connectivity index (χ0n) is 10.4. The monoisotopic (exact) mass is 237 g/mol. The number of nitrogens with two attached hydrogens (primary N) is 1. The molecule has 1 amide bonds. The molecule has 1 aromatic carbocycles. The van der Waals surface area contributed by atoms with E-state index in [2.05, 4.69) is 5.32 Å². The Morgan fingerprint density at radius 1 is 1.53 bits per heavy atom. The second kappa shape index (κ2) is 5.54. The van der Waals surface area contributed by atoms with Gasteiger partial charge >= 0.3 is 0 Å². The van der Waals surface area contributed by atoms with Gasteiger partial charge in [-0.1, -0.05) is 0 Å². The van der Waals surface area contributed by atoms with Crippen LogP contribution >= 0.6 is 0 Å². The highest BCUT2D eigenvalue weighted by Gasteiger charge is 2.13. The molecule has 0 heterocycles. The van der Waals surface area contributed by atoms with Gasteiger partial charge in [0.25, 0.3) is 5.91 Å². The standard InChI is InChI=1S/C12H19N3O2/c1-8(16)7-14-12(17)10-6-9(13)4-5-11(10)15(2)3/h4-6,8,16H,7,13H2,1-3H3,(H,14,17). The highest BCUT2D eigenvalue weighted by molar-refractivity contribution is 6.00. The number of nitrogens with one attached hydrogen (secondary N) is 1. The summed E-state index contributed by atoms with van der Waals surface area (Å²) >= 11 is 0. The number of anilines is 2. The maximum absolute atomic E-state index is 11.9. The van der Waals surface area contributed by atoms with Gasteiger partial charge in [0, 0.05) is 32.0 Å². The average molecular weight is 237 g/mol. The summed E-state index contributed by atoms with van der Waals surface area (Å²) in [5, 5.41) is 11.8. The van der Waals surface area contributed by atoms with E-state index in [9.17, 15) is 4.79 Å². The van der Waals surface area contributed by atoms with E-state index in [4.69, 9.17) is 10.8 Å². The molecule has 94 valence electrons. The first-order valence-electron chi connectivity index (χ1n) is 5.45. The lowest BCUT2D eigenvalue weighted by molar-refractivity contribution is 0.0924. The Labute approximate surface area is 101 Å². The third kappa shape index (κ3) is 3.64. The van der Waals surface area contributed by atoms with Crippen LogP contribution in [-0.4, -0.2) is 37.8 Å². The summed E-state index contributed by atoms with van der Waals surface area (Å²) < 4.78 is 0. The van der Waals surface area contributed by atoms with Crippen LogP contribution in [-0.2, 0) is 0 Å². The van der Waals surface area contributed by atoms with Crippen LogP contribution in [0.5, 0.6) is 0 Å². The molecule has 5 heteroatoms. The van der Waals surface area contributed by atoms with Crippen molar-refractivity contribution in [3.8, 4) is 0 Å². The third-order valence-corrected chi connectivity index (χ3v) is 2.31. The Hall–Kier alpha value is -1.75. The highest BCUT2D eigenvalue weighted by atomic mass is 16.3. The number of aliphatic hydroxyl groups is 1. The first-order valence-corrected chi connectivity index (χ1v) is 5.45. The zero-order valence-corrected chi connectivity index (χ0v) is 10.4. The number of carbonyl (C=O) groups excluding carboxylic acids is 1. The summed E-state index contributed by atoms with van der Waals surface area (Å²) in [5.41, 5.74) is 7.52. The molecule has 1 unspecified atom stereocenters. The number of nitrogens with zero attached hydrogens (tertiary/aromatic N) is 1. The fourth-order valence-corrected chi connectivity index (χ4v) is 1.46. The van der Waals surface area contributed by atoms with E-state index in [0.29, 0.717) is 11.3 Å². The molecule has 1 rings (SSSR count). The van der Waals surface area contributed by atoms with Gasteiger partial charge < -0.3 is 21.1 Å². The van der Waals surface area contributed by atoms with Gasteiger partial charge in [0.05, 0.1) is 11.7 Å². The second-order valence-corrected chi connectivity index (χ2v) is 4.23. The van der Waals surface area contributed by atoms with E-state index >= 15 is 0 Å². The van der Waals surface area contributed by atoms with Crippen molar-refractivity contribution in [3.05, 3.63) is 23.8 Å². The third-order valence-electron chi connectivity index (χ3n) is 2.31. The SMILES string of the molecule is CC(O)CNC(=O)c1cc(N)ccc1N(C)C. The second-order valence-electron chi connectivity index (χ2n) is 4.23. The lowest BCUT2D eigenvalue weighted by Crippen LogP contribution is -2.31. The summed E-state index contributed by atoms with van der Waals surface area (Å²) in [6.45, 7) is 1.84. The van der Waals surface area contributed by atoms with Crippen molar-refractivity contribution >= 4 is 17.3 Å². The number of benzene rings is 1. The minimum Gasteiger partial charge on any atom is -0.399 e. The van der Waals surface area contributed by atoms with Crippen molar-refractivity contribution < 1.29 is 9.90 Å². The van der Waals surface area contributed by atoms with Crippen LogP contribution in [0.25, 0.3) is 0 Å². The Balaban J connectivity index is 2.94. The topological polar surface area (TPSA) is 78.6 Å². The molecular weight excluding hydrogens is 218 g/mol. The molecule has 0 aliphatic carbocycles. The maximum atomic E-state index is 11.9. The Kier molecular flexibility index (Phi) is 4.34. The molecule has 17 heavy (non-hydrogen) atoms. The zero-order chi connectivity index (χ0) is 13.0. The number of hydrogen-bond acceptors (Lipinski definition) is 4. The van der Waals surface area contributed by atoms with Gasteiger partial charge in [-0.2, -0.15) is 0 Å². The van der Waals surface area contributed by atoms with E-state index in [1.807, 2.05) is 19.0 Å². The first kappa shape index (κ1) is 13.3. The minimum absolute atomic E-state index is 0.223. The molecule has 1 atom stereocenters. The van der Waals surface area contributed by atoms with Crippen molar-refractivity contribution in [2.75, 3.05) is 31.3 Å². The molecule has 0 saturated carbocycles. The number of rotatable bonds is 4. The van der Waals surface area contributed by atoms with Crippen molar-refractivity contribution in [1.29, 1.82) is 0 Å². The van der Waals surface area contributed by atoms with Gasteiger partial charge in [0.2, 0.25) is 0 Å². The van der Waals surface area contributed by atoms with Crippen molar-refractivity contribution in [2.24, 2.45) is 0 Å². The molecule has 0 aromatic heterocycles. The van der Waals surface area contributed by atoms with Gasteiger partial charge in [-0.25, -0.2) is 0 Å². The molecule has 1 aromatic rings. The van der Waals surface area contributed by atoms with E-state index in [-0.39, 0.29) is 12.5 Å². The van der Waals surface area contributed by atoms with Crippen LogP contribution in [0.3, 0.4) is 0 Å². The number of carbonyl (C=O) groups is 1. The molecule has 0 aliphatic rings. The highest BCUT2D eigenvalue weighted by Crippen LogP contribution is 2.21. The fraction of sp³-hybridized carbons (Fsp3) is 0.417. The summed E-state index contributed by atoms with van der Waals surface area (Å²) in [4.78, 5) is 13.8. The van der Waals surface area contributed by atoms with Crippen molar-refractivity contribution in [3.63, 3.8) is 0 Å².